The van der Waals surface area contributed by atoms with Gasteiger partial charge in [-0.3, -0.25) is 14.4 Å². The highest BCUT2D eigenvalue weighted by Gasteiger charge is 2.27. The maximum Gasteiger partial charge on any atom is 0.181 e. The first-order valence-electron chi connectivity index (χ1n) is 21.9. The van der Waals surface area contributed by atoms with E-state index < -0.39 is 5.60 Å². The number of pyridine rings is 2. The second kappa shape index (κ2) is 24.6. The maximum absolute atomic E-state index is 13.3. The van der Waals surface area contributed by atoms with Crippen LogP contribution in [0.5, 0.6) is 23.0 Å². The molecule has 0 spiro atoms. The number of hydrogen-bond acceptors (Lipinski definition) is 12. The summed E-state index contributed by atoms with van der Waals surface area (Å²) < 4.78 is 47.9. The third-order valence-corrected chi connectivity index (χ3v) is 10.8. The molecule has 0 saturated heterocycles. The summed E-state index contributed by atoms with van der Waals surface area (Å²) in [4.78, 5) is 47.5. The number of aliphatic hydroxyl groups excluding tert-OH is 2. The van der Waals surface area contributed by atoms with Gasteiger partial charge >= 0.3 is 0 Å². The number of nitrogens with zero attached hydrogens (tertiary/aromatic N) is 2. The summed E-state index contributed by atoms with van der Waals surface area (Å²) in [6.07, 6.45) is 1.73. The van der Waals surface area contributed by atoms with Crippen molar-refractivity contribution in [2.75, 3.05) is 40.6 Å². The average Bonchev–Trinajstić information content (AvgIpc) is 3.35. The zero-order valence-electron chi connectivity index (χ0n) is 38.3. The number of aliphatic hydroxyl groups is 3. The number of carbonyl (C=O) groups is 3. The number of Topliss-reactive ketones (excluding diaryl/α,β-unsaturated/α-hetero) is 3. The van der Waals surface area contributed by atoms with E-state index in [4.69, 9.17) is 29.2 Å². The number of halogens is 2. The molecule has 1 atom stereocenters. The summed E-state index contributed by atoms with van der Waals surface area (Å²) in [6.45, 7) is 5.59. The normalized spacial score (nSPS) is 11.7. The molecule has 3 N–H and O–H groups in total. The fourth-order valence-corrected chi connectivity index (χ4v) is 6.90. The Morgan fingerprint density at radius 1 is 0.567 bits per heavy atom. The van der Waals surface area contributed by atoms with E-state index in [2.05, 4.69) is 9.97 Å². The predicted molar refractivity (Wildman–Crippen MR) is 250 cm³/mol. The molecule has 12 nitrogen and oxygen atoms in total. The van der Waals surface area contributed by atoms with Gasteiger partial charge in [-0.1, -0.05) is 13.8 Å². The van der Waals surface area contributed by atoms with Gasteiger partial charge in [0.2, 0.25) is 0 Å². The van der Waals surface area contributed by atoms with Gasteiger partial charge in [0.05, 0.1) is 44.5 Å². The smallest absolute Gasteiger partial charge is 0.181 e. The lowest BCUT2D eigenvalue weighted by Crippen LogP contribution is -2.24. The highest BCUT2D eigenvalue weighted by molar-refractivity contribution is 6.02. The number of benzene rings is 4. The number of aromatic nitrogens is 2. The van der Waals surface area contributed by atoms with Gasteiger partial charge in [0, 0.05) is 41.5 Å². The Labute approximate surface area is 389 Å². The molecule has 67 heavy (non-hydrogen) atoms. The van der Waals surface area contributed by atoms with Gasteiger partial charge in [0.1, 0.15) is 36.1 Å². The van der Waals surface area contributed by atoms with Crippen LogP contribution in [0, 0.1) is 11.6 Å². The number of aryl methyl sites for hydroxylation is 2. The zero-order chi connectivity index (χ0) is 48.5. The molecule has 0 radical (unpaired) electrons. The second-order valence-electron chi connectivity index (χ2n) is 15.6. The van der Waals surface area contributed by atoms with Crippen LogP contribution in [0.25, 0.3) is 22.5 Å². The number of ether oxygens (including phenoxy) is 4. The van der Waals surface area contributed by atoms with Crippen molar-refractivity contribution in [3.05, 3.63) is 154 Å². The molecule has 4 aromatic carbocycles. The van der Waals surface area contributed by atoms with Crippen LogP contribution in [0.1, 0.15) is 94.5 Å². The molecule has 0 aliphatic carbocycles. The van der Waals surface area contributed by atoms with Crippen LogP contribution < -0.4 is 18.9 Å². The Morgan fingerprint density at radius 2 is 1.01 bits per heavy atom. The molecule has 0 bridgehead atoms. The van der Waals surface area contributed by atoms with Crippen molar-refractivity contribution in [3.8, 4) is 45.5 Å². The highest BCUT2D eigenvalue weighted by atomic mass is 19.1. The number of methoxy groups -OCH3 is 2. The van der Waals surface area contributed by atoms with E-state index in [0.29, 0.717) is 63.2 Å². The fraction of sp³-hybridized carbons (Fsp3) is 0.302. The summed E-state index contributed by atoms with van der Waals surface area (Å²) in [5, 5.41) is 29.1. The average molecular weight is 919 g/mol. The van der Waals surface area contributed by atoms with Gasteiger partial charge < -0.3 is 34.3 Å². The standard InChI is InChI=1S/C27H30FNO5.C26H26FNO5/c1-4-18-15-22(19-5-8-21(28)9-6-19)29-26(16-18)27(2,32)12-11-23(31)20-7-10-24(34-14-13-30)25(17-20)33-3;1-3-17-14-21(18-4-7-20(27)8-5-18)28-22(15-17)24(31)10-9-23(30)19-6-11-25(33-13-12-29)26(16-19)32-2/h5-10,15-17,30,32H,4,11-14H2,1-3H3;4-8,11,14-16,29H,3,9-10,12-13H2,1-2H3. The molecule has 0 aliphatic heterocycles. The highest BCUT2D eigenvalue weighted by Crippen LogP contribution is 2.33. The third kappa shape index (κ3) is 14.3. The Morgan fingerprint density at radius 3 is 1.48 bits per heavy atom. The van der Waals surface area contributed by atoms with Crippen LogP contribution in [0.4, 0.5) is 8.78 Å². The van der Waals surface area contributed by atoms with Gasteiger partial charge in [-0.15, -0.1) is 0 Å². The quantitative estimate of drug-likeness (QED) is 0.0552. The Kier molecular flexibility index (Phi) is 18.8. The molecule has 0 fully saturated rings. The second-order valence-corrected chi connectivity index (χ2v) is 15.6. The zero-order valence-corrected chi connectivity index (χ0v) is 38.3. The first-order chi connectivity index (χ1) is 32.2. The fourth-order valence-electron chi connectivity index (χ4n) is 6.90. The minimum atomic E-state index is -1.34. The Bertz CT molecular complexity index is 2620. The number of ketones is 3. The van der Waals surface area contributed by atoms with Crippen LogP contribution in [0.3, 0.4) is 0 Å². The van der Waals surface area contributed by atoms with Crippen molar-refractivity contribution in [1.29, 1.82) is 0 Å². The van der Waals surface area contributed by atoms with E-state index in [9.17, 15) is 28.3 Å². The third-order valence-electron chi connectivity index (χ3n) is 10.8. The molecule has 0 aliphatic rings. The summed E-state index contributed by atoms with van der Waals surface area (Å²) in [5.41, 5.74) is 4.86. The van der Waals surface area contributed by atoms with Crippen molar-refractivity contribution in [2.45, 2.75) is 64.9 Å². The monoisotopic (exact) mass is 918 g/mol. The topological polar surface area (TPSA) is 175 Å². The lowest BCUT2D eigenvalue weighted by molar-refractivity contribution is 0.0397. The lowest BCUT2D eigenvalue weighted by atomic mass is 9.91. The van der Waals surface area contributed by atoms with Crippen LogP contribution >= 0.6 is 0 Å². The summed E-state index contributed by atoms with van der Waals surface area (Å²) in [5.74, 6) is 0.363. The lowest BCUT2D eigenvalue weighted by Gasteiger charge is -2.24. The molecule has 352 valence electrons. The predicted octanol–water partition coefficient (Wildman–Crippen LogP) is 9.38. The van der Waals surface area contributed by atoms with Crippen molar-refractivity contribution < 1.29 is 57.4 Å². The van der Waals surface area contributed by atoms with Crippen LogP contribution in [0.2, 0.25) is 0 Å². The first-order valence-corrected chi connectivity index (χ1v) is 21.9. The van der Waals surface area contributed by atoms with Gasteiger partial charge in [-0.25, -0.2) is 18.7 Å². The van der Waals surface area contributed by atoms with Crippen molar-refractivity contribution in [3.63, 3.8) is 0 Å². The molecule has 2 aromatic heterocycles. The van der Waals surface area contributed by atoms with Gasteiger partial charge in [-0.2, -0.15) is 0 Å². The van der Waals surface area contributed by atoms with Crippen molar-refractivity contribution >= 4 is 17.3 Å². The number of rotatable bonds is 22. The van der Waals surface area contributed by atoms with E-state index in [1.807, 2.05) is 32.0 Å². The van der Waals surface area contributed by atoms with E-state index in [1.165, 1.54) is 38.5 Å². The van der Waals surface area contributed by atoms with Gasteiger partial charge in [-0.05, 0) is 147 Å². The van der Waals surface area contributed by atoms with E-state index in [0.717, 1.165) is 23.1 Å². The minimum absolute atomic E-state index is 0.00688. The minimum Gasteiger partial charge on any atom is -0.493 e. The number of carbonyl (C=O) groups excluding carboxylic acids is 3. The molecular formula is C53H56F2N2O10. The van der Waals surface area contributed by atoms with Crippen molar-refractivity contribution in [2.24, 2.45) is 0 Å². The number of hydrogen-bond donors (Lipinski definition) is 3. The van der Waals surface area contributed by atoms with Gasteiger partial charge in [0.15, 0.2) is 40.3 Å². The molecule has 6 aromatic rings. The van der Waals surface area contributed by atoms with E-state index >= 15 is 0 Å². The Hall–Kier alpha value is -6.87. The molecule has 14 heteroatoms. The largest absolute Gasteiger partial charge is 0.493 e. The molecule has 2 heterocycles. The summed E-state index contributed by atoms with van der Waals surface area (Å²) in [7, 11) is 2.94. The van der Waals surface area contributed by atoms with E-state index in [-0.39, 0.29) is 86.8 Å². The molecular weight excluding hydrogens is 863 g/mol. The van der Waals surface area contributed by atoms with E-state index in [1.54, 1.807) is 73.7 Å². The SMILES string of the molecule is CCc1cc(-c2ccc(F)cc2)nc(C(C)(O)CCC(=O)c2ccc(OCCO)c(OC)c2)c1.CCc1cc(C(=O)CCC(=O)c2ccc(OCCO)c(OC)c2)nc(-c2ccc(F)cc2)c1. The van der Waals surface area contributed by atoms with Crippen LogP contribution in [-0.4, -0.2) is 83.3 Å². The van der Waals surface area contributed by atoms with Gasteiger partial charge in [0.25, 0.3) is 0 Å². The molecule has 1 unspecified atom stereocenters. The van der Waals surface area contributed by atoms with Crippen LogP contribution in [-0.2, 0) is 18.4 Å². The molecule has 0 saturated carbocycles. The maximum atomic E-state index is 13.3. The van der Waals surface area contributed by atoms with Crippen molar-refractivity contribution in [1.82, 2.24) is 9.97 Å². The summed E-state index contributed by atoms with van der Waals surface area (Å²) in [6, 6.07) is 29.0. The Balaban J connectivity index is 0.000000251. The molecule has 6 rings (SSSR count). The van der Waals surface area contributed by atoms with Crippen LogP contribution in [0.15, 0.2) is 109 Å². The molecule has 0 amide bonds. The first kappa shape index (κ1) is 51.1. The summed E-state index contributed by atoms with van der Waals surface area (Å²) >= 11 is 0.